The minimum absolute atomic E-state index is 0.0981. The molecular formula is C26H36N9O8P. The van der Waals surface area contributed by atoms with E-state index in [1.807, 2.05) is 6.92 Å². The van der Waals surface area contributed by atoms with E-state index in [1.165, 1.54) is 24.7 Å². The number of hydrogen-bond donors (Lipinski definition) is 3. The lowest BCUT2D eigenvalue weighted by molar-refractivity contribution is -0.145. The summed E-state index contributed by atoms with van der Waals surface area (Å²) in [6, 6.07) is 7.14. The molecule has 6 atom stereocenters. The molecule has 0 aliphatic carbocycles. The third-order valence-corrected chi connectivity index (χ3v) is 8.42. The van der Waals surface area contributed by atoms with Crippen LogP contribution in [0.4, 0.5) is 5.95 Å². The van der Waals surface area contributed by atoms with Gasteiger partial charge in [-0.3, -0.25) is 13.9 Å². The summed E-state index contributed by atoms with van der Waals surface area (Å²) >= 11 is 0. The predicted octanol–water partition coefficient (Wildman–Crippen LogP) is 3.66. The Morgan fingerprint density at radius 3 is 2.77 bits per heavy atom. The number of anilines is 1. The highest BCUT2D eigenvalue weighted by molar-refractivity contribution is 7.52. The van der Waals surface area contributed by atoms with E-state index in [2.05, 4.69) is 30.1 Å². The van der Waals surface area contributed by atoms with Crippen LogP contribution >= 0.6 is 7.75 Å². The maximum Gasteiger partial charge on any atom is 0.459 e. The van der Waals surface area contributed by atoms with Crippen LogP contribution in [0.15, 0.2) is 41.8 Å². The van der Waals surface area contributed by atoms with Crippen LogP contribution in [0.5, 0.6) is 11.6 Å². The number of fused-ring (bicyclic) bond motifs is 1. The summed E-state index contributed by atoms with van der Waals surface area (Å²) in [5.41, 5.74) is 14.1. The van der Waals surface area contributed by atoms with Crippen molar-refractivity contribution < 1.29 is 37.7 Å². The first-order valence-electron chi connectivity index (χ1n) is 14.0. The Morgan fingerprint density at radius 2 is 2.09 bits per heavy atom. The molecule has 1 saturated heterocycles. The number of carbonyl (C=O) groups excluding carboxylic acids is 1. The quantitative estimate of drug-likeness (QED) is 0.0542. The predicted molar refractivity (Wildman–Crippen MR) is 157 cm³/mol. The minimum Gasteiger partial charge on any atom is -0.476 e. The fraction of sp³-hybridized carbons (Fsp3) is 0.538. The van der Waals surface area contributed by atoms with E-state index in [9.17, 15) is 20.0 Å². The number of ether oxygens (including phenoxy) is 3. The van der Waals surface area contributed by atoms with Crippen LogP contribution in [0.1, 0.15) is 46.8 Å². The number of nitrogen functional groups attached to an aromatic ring is 1. The molecule has 1 aromatic carbocycles. The monoisotopic (exact) mass is 633 g/mol. The number of esters is 1. The molecule has 44 heavy (non-hydrogen) atoms. The number of benzene rings is 1. The SMILES string of the molecule is CCCCOC(=O)[C@H](C)NP(=O)(OC[C@H]1O[C@@H](n2cnc3c(OCC)nc(N)nc32)[C@](C)(N=[N+]=[N-])[C@@H]1O)Oc1ccccc1. The van der Waals surface area contributed by atoms with E-state index in [4.69, 9.17) is 29.0 Å². The Kier molecular flexibility index (Phi) is 10.6. The van der Waals surface area contributed by atoms with Gasteiger partial charge in [0.2, 0.25) is 11.8 Å². The number of para-hydroxylation sites is 1. The van der Waals surface area contributed by atoms with E-state index >= 15 is 0 Å². The Balaban J connectivity index is 1.60. The highest BCUT2D eigenvalue weighted by Gasteiger charge is 2.55. The van der Waals surface area contributed by atoms with Gasteiger partial charge in [-0.1, -0.05) is 36.7 Å². The van der Waals surface area contributed by atoms with Crippen LogP contribution in [-0.4, -0.2) is 74.2 Å². The topological polar surface area (TPSA) is 231 Å². The normalized spacial score (nSPS) is 23.4. The van der Waals surface area contributed by atoms with Gasteiger partial charge >= 0.3 is 13.7 Å². The number of aliphatic hydroxyl groups excluding tert-OH is 1. The van der Waals surface area contributed by atoms with Crippen LogP contribution in [0.2, 0.25) is 0 Å². The minimum atomic E-state index is -4.28. The number of hydrogen-bond acceptors (Lipinski definition) is 13. The highest BCUT2D eigenvalue weighted by Crippen LogP contribution is 2.48. The second-order valence-electron chi connectivity index (χ2n) is 10.1. The van der Waals surface area contributed by atoms with Crippen LogP contribution in [0, 0.1) is 0 Å². The van der Waals surface area contributed by atoms with E-state index in [1.54, 1.807) is 37.3 Å². The lowest BCUT2D eigenvalue weighted by atomic mass is 9.93. The van der Waals surface area contributed by atoms with Crippen molar-refractivity contribution in [2.75, 3.05) is 25.6 Å². The summed E-state index contributed by atoms with van der Waals surface area (Å²) in [6.07, 6.45) is -0.953. The van der Waals surface area contributed by atoms with Crippen molar-refractivity contribution in [1.29, 1.82) is 0 Å². The molecule has 0 spiro atoms. The Labute approximate surface area is 253 Å². The molecule has 0 saturated carbocycles. The molecule has 18 heteroatoms. The number of rotatable bonds is 15. The lowest BCUT2D eigenvalue weighted by Crippen LogP contribution is -2.43. The number of nitrogens with zero attached hydrogens (tertiary/aromatic N) is 7. The molecule has 1 aliphatic rings. The number of imidazole rings is 1. The maximum atomic E-state index is 14.0. The molecule has 4 rings (SSSR count). The molecule has 3 heterocycles. The van der Waals surface area contributed by atoms with Gasteiger partial charge in [-0.05, 0) is 44.9 Å². The Morgan fingerprint density at radius 1 is 1.34 bits per heavy atom. The zero-order chi connectivity index (χ0) is 31.9. The zero-order valence-corrected chi connectivity index (χ0v) is 25.7. The molecule has 0 radical (unpaired) electrons. The first-order chi connectivity index (χ1) is 21.0. The van der Waals surface area contributed by atoms with Crippen LogP contribution in [-0.2, 0) is 23.4 Å². The molecule has 238 valence electrons. The summed E-state index contributed by atoms with van der Waals surface area (Å²) in [7, 11) is -4.28. The smallest absolute Gasteiger partial charge is 0.459 e. The van der Waals surface area contributed by atoms with E-state index in [-0.39, 0.29) is 35.3 Å². The lowest BCUT2D eigenvalue weighted by Gasteiger charge is -2.28. The van der Waals surface area contributed by atoms with Gasteiger partial charge in [0.15, 0.2) is 17.4 Å². The van der Waals surface area contributed by atoms with Crippen molar-refractivity contribution in [3.05, 3.63) is 47.1 Å². The number of azide groups is 1. The molecular weight excluding hydrogens is 597 g/mol. The molecule has 1 fully saturated rings. The number of nitrogens with one attached hydrogen (secondary N) is 1. The maximum absolute atomic E-state index is 14.0. The number of nitrogens with two attached hydrogens (primary N) is 1. The molecule has 0 amide bonds. The molecule has 2 aromatic heterocycles. The Hall–Kier alpha value is -3.98. The fourth-order valence-corrected chi connectivity index (χ4v) is 6.01. The number of aromatic nitrogens is 4. The van der Waals surface area contributed by atoms with Gasteiger partial charge in [-0.15, -0.1) is 0 Å². The number of unbranched alkanes of at least 4 members (excludes halogenated alkanes) is 1. The summed E-state index contributed by atoms with van der Waals surface area (Å²) in [6.45, 7) is 6.67. The molecule has 4 N–H and O–H groups in total. The van der Waals surface area contributed by atoms with Crippen molar-refractivity contribution in [3.8, 4) is 11.6 Å². The van der Waals surface area contributed by atoms with Gasteiger partial charge in [0.1, 0.15) is 23.4 Å². The molecule has 17 nitrogen and oxygen atoms in total. The van der Waals surface area contributed by atoms with Crippen LogP contribution in [0.3, 0.4) is 0 Å². The van der Waals surface area contributed by atoms with Gasteiger partial charge in [-0.25, -0.2) is 9.55 Å². The standard InChI is InChI=1S/C26H36N9O8P/c1-5-7-13-40-23(37)16(3)32-44(38,43-17-11-9-8-10-12-17)41-14-18-20(36)26(4,33-34-28)24(42-18)35-15-29-19-21(35)30-25(27)31-22(19)39-6-2/h8-12,15-16,18,20,24,36H,5-7,13-14H2,1-4H3,(H,32,38)(H2,27,30,31)/t16-,18+,20+,24+,26+,44?/m0/s1. The van der Waals surface area contributed by atoms with Crippen molar-refractivity contribution in [2.45, 2.75) is 70.6 Å². The van der Waals surface area contributed by atoms with Crippen molar-refractivity contribution in [2.24, 2.45) is 5.11 Å². The molecule has 0 bridgehead atoms. The molecule has 3 aromatic rings. The number of aliphatic hydroxyl groups is 1. The third-order valence-electron chi connectivity index (χ3n) is 6.78. The van der Waals surface area contributed by atoms with E-state index in [0.29, 0.717) is 13.0 Å². The van der Waals surface area contributed by atoms with Gasteiger partial charge in [-0.2, -0.15) is 15.1 Å². The number of carbonyl (C=O) groups is 1. The summed E-state index contributed by atoms with van der Waals surface area (Å²) in [5, 5.41) is 17.8. The second-order valence-corrected chi connectivity index (χ2v) is 11.8. The van der Waals surface area contributed by atoms with Crippen LogP contribution in [0.25, 0.3) is 21.6 Å². The highest BCUT2D eigenvalue weighted by atomic mass is 31.2. The summed E-state index contributed by atoms with van der Waals surface area (Å²) in [5.74, 6) is -0.400. The largest absolute Gasteiger partial charge is 0.476 e. The van der Waals surface area contributed by atoms with E-state index in [0.717, 1.165) is 6.42 Å². The van der Waals surface area contributed by atoms with Gasteiger partial charge < -0.3 is 29.6 Å². The van der Waals surface area contributed by atoms with Crippen LogP contribution < -0.4 is 20.1 Å². The van der Waals surface area contributed by atoms with E-state index < -0.39 is 50.3 Å². The van der Waals surface area contributed by atoms with Gasteiger partial charge in [0.05, 0.1) is 32.3 Å². The third kappa shape index (κ3) is 7.21. The van der Waals surface area contributed by atoms with Crippen molar-refractivity contribution in [3.63, 3.8) is 0 Å². The second kappa shape index (κ2) is 14.2. The molecule has 1 unspecified atom stereocenters. The summed E-state index contributed by atoms with van der Waals surface area (Å²) < 4.78 is 43.7. The first kappa shape index (κ1) is 32.9. The van der Waals surface area contributed by atoms with Gasteiger partial charge in [0.25, 0.3) is 0 Å². The molecule has 1 aliphatic heterocycles. The fourth-order valence-electron chi connectivity index (χ4n) is 4.51. The average Bonchev–Trinajstić information content (AvgIpc) is 3.51. The zero-order valence-electron chi connectivity index (χ0n) is 24.8. The first-order valence-corrected chi connectivity index (χ1v) is 15.6. The van der Waals surface area contributed by atoms with Gasteiger partial charge in [0, 0.05) is 4.91 Å². The van der Waals surface area contributed by atoms with Crippen molar-refractivity contribution in [1.82, 2.24) is 24.6 Å². The summed E-state index contributed by atoms with van der Waals surface area (Å²) in [4.78, 5) is 28.1. The Bertz CT molecular complexity index is 1540. The van der Waals surface area contributed by atoms with Crippen molar-refractivity contribution >= 4 is 30.8 Å². The average molecular weight is 634 g/mol.